The lowest BCUT2D eigenvalue weighted by atomic mass is 9.95. The topological polar surface area (TPSA) is 24.7 Å². The van der Waals surface area contributed by atoms with E-state index in [4.69, 9.17) is 9.98 Å². The summed E-state index contributed by atoms with van der Waals surface area (Å²) in [5.74, 6) is 0.615. The van der Waals surface area contributed by atoms with Crippen LogP contribution in [0.5, 0.6) is 0 Å². The van der Waals surface area contributed by atoms with Gasteiger partial charge < -0.3 is 0 Å². The van der Waals surface area contributed by atoms with Gasteiger partial charge in [0, 0.05) is 37.0 Å². The van der Waals surface area contributed by atoms with E-state index in [0.29, 0.717) is 11.5 Å². The Morgan fingerprint density at radius 3 is 1.56 bits per heavy atom. The van der Waals surface area contributed by atoms with Gasteiger partial charge in [0.2, 0.25) is 0 Å². The molecule has 0 aliphatic rings. The summed E-state index contributed by atoms with van der Waals surface area (Å²) in [6.45, 7) is 6.71. The predicted octanol–water partition coefficient (Wildman–Crippen LogP) is 17.0. The van der Waals surface area contributed by atoms with E-state index in [-0.39, 0.29) is 0 Å². The quantitative estimate of drug-likeness (QED) is 0.108. The van der Waals surface area contributed by atoms with E-state index in [0.717, 1.165) is 33.4 Å². The number of hydrogen-bond acceptors (Lipinski definition) is 2. The summed E-state index contributed by atoms with van der Waals surface area (Å²) in [4.78, 5) is 10.6. The number of thiophene rings is 1. The Morgan fingerprint density at radius 2 is 0.891 bits per heavy atom. The maximum Gasteiger partial charge on any atom is 0.160 e. The van der Waals surface area contributed by atoms with Crippen LogP contribution in [-0.2, 0) is 0 Å². The molecule has 10 aromatic carbocycles. The number of rotatable bonds is 8. The Labute approximate surface area is 377 Å². The number of benzene rings is 10. The van der Waals surface area contributed by atoms with Crippen molar-refractivity contribution in [1.82, 2.24) is 0 Å². The van der Waals surface area contributed by atoms with Crippen LogP contribution in [0.25, 0.3) is 91.9 Å². The third-order valence-corrected chi connectivity index (χ3v) is 13.5. The van der Waals surface area contributed by atoms with Crippen molar-refractivity contribution < 1.29 is 0 Å². The van der Waals surface area contributed by atoms with Crippen molar-refractivity contribution in [3.8, 4) is 44.5 Å². The SMILES string of the molecule is C=C(/N=C(\N=C(/C)c1ccc(-c2ccccc2)cc1)c1ccc(-c2ccccc2)cc1)c1cc2sc3c(-c4ccc(-c5cccc6ccccc56)cc4)cccc3c2c2ccccc12. The Bertz CT molecular complexity index is 3570. The van der Waals surface area contributed by atoms with Crippen LogP contribution in [0.3, 0.4) is 0 Å². The lowest BCUT2D eigenvalue weighted by molar-refractivity contribution is 1.45. The first-order valence-corrected chi connectivity index (χ1v) is 22.5. The third kappa shape index (κ3) is 7.32. The second-order valence-electron chi connectivity index (χ2n) is 16.2. The molecular weight excluding hydrogens is 793 g/mol. The minimum atomic E-state index is 0.615. The highest BCUT2D eigenvalue weighted by Crippen LogP contribution is 2.45. The Morgan fingerprint density at radius 1 is 0.406 bits per heavy atom. The van der Waals surface area contributed by atoms with Crippen LogP contribution in [0.4, 0.5) is 0 Å². The molecule has 0 amide bonds. The first-order valence-electron chi connectivity index (χ1n) is 21.7. The zero-order chi connectivity index (χ0) is 43.0. The van der Waals surface area contributed by atoms with Gasteiger partial charge in [0.25, 0.3) is 0 Å². The number of fused-ring (bicyclic) bond motifs is 6. The molecule has 1 heterocycles. The van der Waals surface area contributed by atoms with Gasteiger partial charge in [-0.3, -0.25) is 0 Å². The normalized spacial score (nSPS) is 12.1. The Balaban J connectivity index is 0.998. The largest absolute Gasteiger partial charge is 0.233 e. The van der Waals surface area contributed by atoms with Gasteiger partial charge in [0.15, 0.2) is 5.84 Å². The number of aliphatic imine (C=N–C) groups is 2. The number of hydrogen-bond donors (Lipinski definition) is 0. The van der Waals surface area contributed by atoms with Gasteiger partial charge in [-0.15, -0.1) is 11.3 Å². The van der Waals surface area contributed by atoms with Crippen molar-refractivity contribution in [1.29, 1.82) is 0 Å². The van der Waals surface area contributed by atoms with Crippen LogP contribution in [0.15, 0.2) is 241 Å². The second-order valence-corrected chi connectivity index (χ2v) is 17.2. The third-order valence-electron chi connectivity index (χ3n) is 12.3. The molecule has 0 saturated heterocycles. The predicted molar refractivity (Wildman–Crippen MR) is 277 cm³/mol. The van der Waals surface area contributed by atoms with Crippen molar-refractivity contribution in [2.75, 3.05) is 0 Å². The van der Waals surface area contributed by atoms with Crippen LogP contribution in [0.1, 0.15) is 23.6 Å². The fraction of sp³-hybridized carbons (Fsp3) is 0.0164. The molecule has 11 rings (SSSR count). The molecule has 0 saturated carbocycles. The van der Waals surface area contributed by atoms with Crippen LogP contribution in [0.2, 0.25) is 0 Å². The molecular formula is C61H42N2S. The van der Waals surface area contributed by atoms with Crippen molar-refractivity contribution in [3.63, 3.8) is 0 Å². The van der Waals surface area contributed by atoms with Crippen LogP contribution >= 0.6 is 11.3 Å². The molecule has 2 nitrogen and oxygen atoms in total. The van der Waals surface area contributed by atoms with Crippen molar-refractivity contribution in [2.45, 2.75) is 6.92 Å². The lowest BCUT2D eigenvalue weighted by Gasteiger charge is -2.11. The average molecular weight is 835 g/mol. The fourth-order valence-corrected chi connectivity index (χ4v) is 10.3. The molecule has 0 bridgehead atoms. The van der Waals surface area contributed by atoms with Crippen LogP contribution in [0, 0.1) is 0 Å². The maximum atomic E-state index is 5.32. The molecule has 0 atom stereocenters. The minimum absolute atomic E-state index is 0.615. The average Bonchev–Trinajstić information content (AvgIpc) is 3.76. The van der Waals surface area contributed by atoms with Crippen molar-refractivity contribution in [2.24, 2.45) is 9.98 Å². The summed E-state index contributed by atoms with van der Waals surface area (Å²) in [5, 5.41) is 7.33. The van der Waals surface area contributed by atoms with Gasteiger partial charge in [-0.05, 0) is 84.6 Å². The standard InChI is InChI=1S/C61H42N2S/c1-40(42-27-29-45(30-28-42)43-15-5-3-6-16-43)62-61(50-37-31-46(32-38-50)44-17-7-4-8-18-44)63-41(2)57-39-58-59(55-23-12-11-22-54(55)57)56-26-14-25-53(60(56)64-58)49-35-33-48(34-36-49)52-24-13-20-47-19-9-10-21-51(47)52/h3-39H,2H2,1H3/b62-40+,63-61-. The summed E-state index contributed by atoms with van der Waals surface area (Å²) in [7, 11) is 0. The summed E-state index contributed by atoms with van der Waals surface area (Å²) in [6.07, 6.45) is 0. The maximum absolute atomic E-state index is 5.32. The molecule has 1 aromatic heterocycles. The molecule has 11 aromatic rings. The van der Waals surface area contributed by atoms with E-state index in [1.807, 2.05) is 23.5 Å². The first-order chi connectivity index (χ1) is 31.6. The van der Waals surface area contributed by atoms with Crippen LogP contribution < -0.4 is 0 Å². The minimum Gasteiger partial charge on any atom is -0.233 e. The van der Waals surface area contributed by atoms with E-state index in [2.05, 4.69) is 226 Å². The number of amidine groups is 1. The van der Waals surface area contributed by atoms with Gasteiger partial charge in [0.05, 0.1) is 5.70 Å². The van der Waals surface area contributed by atoms with Gasteiger partial charge >= 0.3 is 0 Å². The van der Waals surface area contributed by atoms with Gasteiger partial charge in [-0.25, -0.2) is 9.98 Å². The van der Waals surface area contributed by atoms with E-state index in [9.17, 15) is 0 Å². The molecule has 302 valence electrons. The molecule has 0 aliphatic carbocycles. The van der Waals surface area contributed by atoms with Gasteiger partial charge in [0.1, 0.15) is 0 Å². The zero-order valence-electron chi connectivity index (χ0n) is 35.4. The summed E-state index contributed by atoms with van der Waals surface area (Å²) in [5.41, 5.74) is 14.0. The second kappa shape index (κ2) is 16.7. The molecule has 0 unspecified atom stereocenters. The lowest BCUT2D eigenvalue weighted by Crippen LogP contribution is -2.04. The molecule has 3 heteroatoms. The summed E-state index contributed by atoms with van der Waals surface area (Å²) in [6, 6.07) is 79.9. The monoisotopic (exact) mass is 834 g/mol. The van der Waals surface area contributed by atoms with E-state index < -0.39 is 0 Å². The van der Waals surface area contributed by atoms with Crippen molar-refractivity contribution >= 4 is 70.3 Å². The Kier molecular flexibility index (Phi) is 10.2. The van der Waals surface area contributed by atoms with Gasteiger partial charge in [-0.1, -0.05) is 225 Å². The smallest absolute Gasteiger partial charge is 0.160 e. The molecule has 64 heavy (non-hydrogen) atoms. The molecule has 0 N–H and O–H groups in total. The van der Waals surface area contributed by atoms with Crippen molar-refractivity contribution in [3.05, 3.63) is 248 Å². The van der Waals surface area contributed by atoms with E-state index in [1.165, 1.54) is 75.3 Å². The highest BCUT2D eigenvalue weighted by molar-refractivity contribution is 7.26. The molecule has 0 aliphatic heterocycles. The number of nitrogens with zero attached hydrogens (tertiary/aromatic N) is 2. The molecule has 0 spiro atoms. The van der Waals surface area contributed by atoms with Crippen LogP contribution in [-0.4, -0.2) is 11.5 Å². The summed E-state index contributed by atoms with van der Waals surface area (Å²) < 4.78 is 2.47. The fourth-order valence-electron chi connectivity index (χ4n) is 8.98. The zero-order valence-corrected chi connectivity index (χ0v) is 36.2. The van der Waals surface area contributed by atoms with E-state index >= 15 is 0 Å². The first kappa shape index (κ1) is 38.9. The molecule has 0 fully saturated rings. The Hall–Kier alpha value is -7.98. The highest BCUT2D eigenvalue weighted by Gasteiger charge is 2.18. The van der Waals surface area contributed by atoms with Gasteiger partial charge in [-0.2, -0.15) is 0 Å². The van der Waals surface area contributed by atoms with E-state index in [1.54, 1.807) is 0 Å². The molecule has 0 radical (unpaired) electrons. The summed E-state index contributed by atoms with van der Waals surface area (Å²) >= 11 is 1.84. The highest BCUT2D eigenvalue weighted by atomic mass is 32.1.